The maximum absolute atomic E-state index is 6.13. The van der Waals surface area contributed by atoms with E-state index in [-0.39, 0.29) is 5.92 Å². The largest absolute Gasteiger partial charge is 0.381 e. The van der Waals surface area contributed by atoms with Crippen LogP contribution in [0.1, 0.15) is 50.7 Å². The minimum absolute atomic E-state index is 0.273. The summed E-state index contributed by atoms with van der Waals surface area (Å²) < 4.78 is 10.6. The molecule has 1 saturated heterocycles. The van der Waals surface area contributed by atoms with Gasteiger partial charge in [-0.05, 0) is 19.8 Å². The van der Waals surface area contributed by atoms with Crippen LogP contribution in [-0.4, -0.2) is 23.4 Å². The molecule has 0 aliphatic carbocycles. The van der Waals surface area contributed by atoms with Crippen molar-refractivity contribution in [1.29, 1.82) is 0 Å². The summed E-state index contributed by atoms with van der Waals surface area (Å²) in [4.78, 5) is 4.40. The monoisotopic (exact) mass is 225 g/mol. The molecule has 2 rings (SSSR count). The highest BCUT2D eigenvalue weighted by molar-refractivity contribution is 5.03. The van der Waals surface area contributed by atoms with Crippen molar-refractivity contribution < 1.29 is 9.26 Å². The fraction of sp³-hybridized carbons (Fsp3) is 0.818. The zero-order valence-electron chi connectivity index (χ0n) is 9.90. The highest BCUT2D eigenvalue weighted by atomic mass is 16.5. The van der Waals surface area contributed by atoms with Crippen LogP contribution in [0.2, 0.25) is 0 Å². The van der Waals surface area contributed by atoms with Gasteiger partial charge in [0, 0.05) is 12.5 Å². The SMILES string of the molecule is CCCC(C)(N)c1nc(C2CCOC2)no1. The van der Waals surface area contributed by atoms with Gasteiger partial charge in [-0.1, -0.05) is 18.5 Å². The van der Waals surface area contributed by atoms with Gasteiger partial charge < -0.3 is 15.0 Å². The molecule has 0 saturated carbocycles. The Hall–Kier alpha value is -0.940. The fourth-order valence-corrected chi connectivity index (χ4v) is 2.00. The zero-order chi connectivity index (χ0) is 11.6. The van der Waals surface area contributed by atoms with Crippen molar-refractivity contribution in [3.05, 3.63) is 11.7 Å². The number of aromatic nitrogens is 2. The van der Waals surface area contributed by atoms with E-state index in [2.05, 4.69) is 17.1 Å². The lowest BCUT2D eigenvalue weighted by atomic mass is 9.97. The second-order valence-electron chi connectivity index (χ2n) is 4.69. The molecule has 2 unspecified atom stereocenters. The quantitative estimate of drug-likeness (QED) is 0.841. The molecule has 5 heteroatoms. The van der Waals surface area contributed by atoms with Gasteiger partial charge in [0.1, 0.15) is 0 Å². The molecule has 0 aromatic carbocycles. The van der Waals surface area contributed by atoms with Crippen LogP contribution in [0, 0.1) is 0 Å². The Morgan fingerprint density at radius 1 is 1.56 bits per heavy atom. The third-order valence-corrected chi connectivity index (χ3v) is 2.99. The van der Waals surface area contributed by atoms with E-state index in [0.717, 1.165) is 31.7 Å². The lowest BCUT2D eigenvalue weighted by Crippen LogP contribution is -2.33. The first-order valence-electron chi connectivity index (χ1n) is 5.84. The highest BCUT2D eigenvalue weighted by Crippen LogP contribution is 2.26. The molecule has 5 nitrogen and oxygen atoms in total. The Morgan fingerprint density at radius 2 is 2.38 bits per heavy atom. The first-order chi connectivity index (χ1) is 7.63. The molecular formula is C11H19N3O2. The van der Waals surface area contributed by atoms with Crippen LogP contribution in [0.25, 0.3) is 0 Å². The summed E-state index contributed by atoms with van der Waals surface area (Å²) in [5.41, 5.74) is 5.62. The van der Waals surface area contributed by atoms with Crippen molar-refractivity contribution in [2.45, 2.75) is 44.6 Å². The number of ether oxygens (including phenoxy) is 1. The topological polar surface area (TPSA) is 74.2 Å². The summed E-state index contributed by atoms with van der Waals surface area (Å²) in [6.07, 6.45) is 2.81. The minimum Gasteiger partial charge on any atom is -0.381 e. The second kappa shape index (κ2) is 4.51. The lowest BCUT2D eigenvalue weighted by molar-refractivity contribution is 0.192. The van der Waals surface area contributed by atoms with Crippen LogP contribution in [0.3, 0.4) is 0 Å². The van der Waals surface area contributed by atoms with Gasteiger partial charge in [0.05, 0.1) is 12.1 Å². The molecule has 2 atom stereocenters. The lowest BCUT2D eigenvalue weighted by Gasteiger charge is -2.18. The number of hydrogen-bond donors (Lipinski definition) is 1. The first-order valence-corrected chi connectivity index (χ1v) is 5.84. The molecular weight excluding hydrogens is 206 g/mol. The smallest absolute Gasteiger partial charge is 0.246 e. The van der Waals surface area contributed by atoms with Gasteiger partial charge in [-0.3, -0.25) is 0 Å². The molecule has 2 N–H and O–H groups in total. The number of nitrogens with two attached hydrogens (primary N) is 1. The van der Waals surface area contributed by atoms with Crippen molar-refractivity contribution in [2.24, 2.45) is 5.73 Å². The van der Waals surface area contributed by atoms with E-state index in [1.54, 1.807) is 0 Å². The van der Waals surface area contributed by atoms with Crippen molar-refractivity contribution in [3.63, 3.8) is 0 Å². The van der Waals surface area contributed by atoms with E-state index < -0.39 is 5.54 Å². The van der Waals surface area contributed by atoms with Gasteiger partial charge in [-0.15, -0.1) is 0 Å². The van der Waals surface area contributed by atoms with Gasteiger partial charge >= 0.3 is 0 Å². The van der Waals surface area contributed by atoms with Crippen LogP contribution < -0.4 is 5.73 Å². The molecule has 0 spiro atoms. The molecule has 1 aromatic heterocycles. The predicted molar refractivity (Wildman–Crippen MR) is 58.9 cm³/mol. The molecule has 90 valence electrons. The van der Waals surface area contributed by atoms with Crippen LogP contribution >= 0.6 is 0 Å². The number of rotatable bonds is 4. The van der Waals surface area contributed by atoms with E-state index in [4.69, 9.17) is 15.0 Å². The molecule has 1 fully saturated rings. The van der Waals surface area contributed by atoms with E-state index >= 15 is 0 Å². The summed E-state index contributed by atoms with van der Waals surface area (Å²) in [5.74, 6) is 1.55. The third-order valence-electron chi connectivity index (χ3n) is 2.99. The van der Waals surface area contributed by atoms with Crippen LogP contribution in [0.15, 0.2) is 4.52 Å². The van der Waals surface area contributed by atoms with E-state index in [1.165, 1.54) is 0 Å². The molecule has 1 aliphatic rings. The minimum atomic E-state index is -0.514. The summed E-state index contributed by atoms with van der Waals surface area (Å²) in [6.45, 7) is 5.49. The maximum atomic E-state index is 6.13. The Balaban J connectivity index is 2.12. The molecule has 0 bridgehead atoms. The molecule has 1 aliphatic heterocycles. The predicted octanol–water partition coefficient (Wildman–Crippen LogP) is 1.55. The fourth-order valence-electron chi connectivity index (χ4n) is 2.00. The number of nitrogens with zero attached hydrogens (tertiary/aromatic N) is 2. The summed E-state index contributed by atoms with van der Waals surface area (Å²) in [7, 11) is 0. The summed E-state index contributed by atoms with van der Waals surface area (Å²) >= 11 is 0. The van der Waals surface area contributed by atoms with Gasteiger partial charge in [-0.2, -0.15) is 4.98 Å². The van der Waals surface area contributed by atoms with Gasteiger partial charge in [0.25, 0.3) is 0 Å². The van der Waals surface area contributed by atoms with Crippen LogP contribution in [0.5, 0.6) is 0 Å². The van der Waals surface area contributed by atoms with E-state index in [1.807, 2.05) is 6.92 Å². The standard InChI is InChI=1S/C11H19N3O2/c1-3-5-11(2,12)10-13-9(14-16-10)8-4-6-15-7-8/h8H,3-7,12H2,1-2H3. The molecule has 0 amide bonds. The normalized spacial score (nSPS) is 24.6. The summed E-state index contributed by atoms with van der Waals surface area (Å²) in [5, 5.41) is 4.00. The second-order valence-corrected chi connectivity index (χ2v) is 4.69. The third kappa shape index (κ3) is 2.25. The van der Waals surface area contributed by atoms with Crippen molar-refractivity contribution in [3.8, 4) is 0 Å². The Morgan fingerprint density at radius 3 is 3.00 bits per heavy atom. The van der Waals surface area contributed by atoms with E-state index in [9.17, 15) is 0 Å². The van der Waals surface area contributed by atoms with Crippen LogP contribution in [0.4, 0.5) is 0 Å². The van der Waals surface area contributed by atoms with Gasteiger partial charge in [0.2, 0.25) is 5.89 Å². The van der Waals surface area contributed by atoms with Crippen molar-refractivity contribution in [2.75, 3.05) is 13.2 Å². The van der Waals surface area contributed by atoms with Crippen molar-refractivity contribution >= 4 is 0 Å². The Kier molecular flexibility index (Phi) is 3.25. The number of hydrogen-bond acceptors (Lipinski definition) is 5. The molecule has 16 heavy (non-hydrogen) atoms. The van der Waals surface area contributed by atoms with Gasteiger partial charge in [-0.25, -0.2) is 0 Å². The Labute approximate surface area is 95.3 Å². The average molecular weight is 225 g/mol. The highest BCUT2D eigenvalue weighted by Gasteiger charge is 2.30. The van der Waals surface area contributed by atoms with Gasteiger partial charge in [0.15, 0.2) is 5.82 Å². The molecule has 1 aromatic rings. The summed E-state index contributed by atoms with van der Waals surface area (Å²) in [6, 6.07) is 0. The first kappa shape index (κ1) is 11.5. The average Bonchev–Trinajstić information content (AvgIpc) is 2.89. The molecule has 0 radical (unpaired) electrons. The van der Waals surface area contributed by atoms with E-state index in [0.29, 0.717) is 12.5 Å². The Bertz CT molecular complexity index is 343. The van der Waals surface area contributed by atoms with Crippen LogP contribution in [-0.2, 0) is 10.3 Å². The van der Waals surface area contributed by atoms with Crippen molar-refractivity contribution in [1.82, 2.24) is 10.1 Å². The molecule has 2 heterocycles. The zero-order valence-corrected chi connectivity index (χ0v) is 9.90. The maximum Gasteiger partial charge on any atom is 0.246 e.